The van der Waals surface area contributed by atoms with Gasteiger partial charge in [0.05, 0.1) is 6.04 Å². The SMILES string of the molecule is Cc1cc(N2CC(N(C)C(=O)c3ccc4c(c3)CCC4)C2)ccn1. The second-order valence-corrected chi connectivity index (χ2v) is 6.97. The lowest BCUT2D eigenvalue weighted by atomic mass is 10.0. The molecule has 1 aromatic carbocycles. The Balaban J connectivity index is 1.42. The van der Waals surface area contributed by atoms with Crippen LogP contribution in [-0.4, -0.2) is 42.0 Å². The topological polar surface area (TPSA) is 36.4 Å². The van der Waals surface area contributed by atoms with Gasteiger partial charge >= 0.3 is 0 Å². The molecule has 4 heteroatoms. The average Bonchev–Trinajstić information content (AvgIpc) is 3.00. The lowest BCUT2D eigenvalue weighted by molar-refractivity contribution is 0.0705. The number of nitrogens with zero attached hydrogens (tertiary/aromatic N) is 3. The van der Waals surface area contributed by atoms with Crippen molar-refractivity contribution in [2.24, 2.45) is 0 Å². The van der Waals surface area contributed by atoms with Gasteiger partial charge in [-0.3, -0.25) is 9.78 Å². The second kappa shape index (κ2) is 5.93. The zero-order chi connectivity index (χ0) is 16.7. The summed E-state index contributed by atoms with van der Waals surface area (Å²) in [7, 11) is 1.93. The van der Waals surface area contributed by atoms with Gasteiger partial charge in [-0.2, -0.15) is 0 Å². The van der Waals surface area contributed by atoms with Crippen molar-refractivity contribution in [1.82, 2.24) is 9.88 Å². The number of anilines is 1. The number of amides is 1. The van der Waals surface area contributed by atoms with Gasteiger partial charge in [-0.15, -0.1) is 0 Å². The van der Waals surface area contributed by atoms with Gasteiger partial charge in [0.25, 0.3) is 5.91 Å². The molecule has 0 radical (unpaired) electrons. The molecule has 1 saturated heterocycles. The summed E-state index contributed by atoms with van der Waals surface area (Å²) in [6.07, 6.45) is 5.32. The van der Waals surface area contributed by atoms with Crippen LogP contribution in [0.4, 0.5) is 5.69 Å². The molecule has 24 heavy (non-hydrogen) atoms. The molecule has 1 aliphatic carbocycles. The first-order valence-corrected chi connectivity index (χ1v) is 8.68. The van der Waals surface area contributed by atoms with Crippen LogP contribution < -0.4 is 4.90 Å². The predicted molar refractivity (Wildman–Crippen MR) is 95.5 cm³/mol. The molecule has 0 bridgehead atoms. The van der Waals surface area contributed by atoms with Gasteiger partial charge in [0.15, 0.2) is 0 Å². The Hall–Kier alpha value is -2.36. The Morgan fingerprint density at radius 3 is 2.75 bits per heavy atom. The van der Waals surface area contributed by atoms with E-state index in [2.05, 4.69) is 28.1 Å². The van der Waals surface area contributed by atoms with Crippen molar-refractivity contribution in [3.8, 4) is 0 Å². The van der Waals surface area contributed by atoms with Crippen LogP contribution in [0.2, 0.25) is 0 Å². The molecular weight excluding hydrogens is 298 g/mol. The van der Waals surface area contributed by atoms with E-state index >= 15 is 0 Å². The summed E-state index contributed by atoms with van der Waals surface area (Å²) in [5.74, 6) is 0.139. The molecule has 1 fully saturated rings. The molecule has 0 saturated carbocycles. The molecule has 1 amide bonds. The Morgan fingerprint density at radius 2 is 1.96 bits per heavy atom. The van der Waals surface area contributed by atoms with E-state index in [1.165, 1.54) is 23.2 Å². The third-order valence-corrected chi connectivity index (χ3v) is 5.32. The van der Waals surface area contributed by atoms with Gasteiger partial charge in [-0.1, -0.05) is 6.07 Å². The molecule has 0 spiro atoms. The van der Waals surface area contributed by atoms with Crippen molar-refractivity contribution >= 4 is 11.6 Å². The Morgan fingerprint density at radius 1 is 1.17 bits per heavy atom. The van der Waals surface area contributed by atoms with E-state index in [0.29, 0.717) is 0 Å². The zero-order valence-corrected chi connectivity index (χ0v) is 14.3. The molecule has 0 N–H and O–H groups in total. The highest BCUT2D eigenvalue weighted by Gasteiger charge is 2.33. The van der Waals surface area contributed by atoms with E-state index in [1.54, 1.807) is 0 Å². The molecule has 1 aromatic heterocycles. The van der Waals surface area contributed by atoms with Crippen LogP contribution in [0.5, 0.6) is 0 Å². The highest BCUT2D eigenvalue weighted by atomic mass is 16.2. The molecule has 4 nitrogen and oxygen atoms in total. The summed E-state index contributed by atoms with van der Waals surface area (Å²) < 4.78 is 0. The fourth-order valence-corrected chi connectivity index (χ4v) is 3.71. The van der Waals surface area contributed by atoms with E-state index in [9.17, 15) is 4.79 Å². The van der Waals surface area contributed by atoms with Crippen LogP contribution in [-0.2, 0) is 12.8 Å². The standard InChI is InChI=1S/C20H23N3O/c1-14-10-18(8-9-21-14)23-12-19(13-23)22(2)20(24)17-7-6-15-4-3-5-16(15)11-17/h6-11,19H,3-5,12-13H2,1-2H3. The molecular formula is C20H23N3O. The van der Waals surface area contributed by atoms with Crippen molar-refractivity contribution in [3.05, 3.63) is 58.9 Å². The first-order chi connectivity index (χ1) is 11.6. The fraction of sp³-hybridized carbons (Fsp3) is 0.400. The number of hydrogen-bond acceptors (Lipinski definition) is 3. The maximum absolute atomic E-state index is 12.8. The maximum Gasteiger partial charge on any atom is 0.253 e. The van der Waals surface area contributed by atoms with Gasteiger partial charge in [0.2, 0.25) is 0 Å². The molecule has 124 valence electrons. The number of rotatable bonds is 3. The highest BCUT2D eigenvalue weighted by molar-refractivity contribution is 5.94. The fourth-order valence-electron chi connectivity index (χ4n) is 3.71. The van der Waals surface area contributed by atoms with Crippen LogP contribution in [0.1, 0.15) is 33.6 Å². The molecule has 2 heterocycles. The minimum atomic E-state index is 0.139. The smallest absolute Gasteiger partial charge is 0.253 e. The number of hydrogen-bond donors (Lipinski definition) is 0. The normalized spacial score (nSPS) is 16.7. The van der Waals surface area contributed by atoms with Gasteiger partial charge < -0.3 is 9.80 Å². The quantitative estimate of drug-likeness (QED) is 0.872. The molecule has 1 aliphatic heterocycles. The number of pyridine rings is 1. The first-order valence-electron chi connectivity index (χ1n) is 8.68. The minimum Gasteiger partial charge on any atom is -0.367 e. The van der Waals surface area contributed by atoms with E-state index < -0.39 is 0 Å². The third-order valence-electron chi connectivity index (χ3n) is 5.32. The summed E-state index contributed by atoms with van der Waals surface area (Å²) in [6.45, 7) is 3.78. The van der Waals surface area contributed by atoms with Crippen LogP contribution in [0, 0.1) is 6.92 Å². The first kappa shape index (κ1) is 15.2. The van der Waals surface area contributed by atoms with Crippen molar-refractivity contribution in [2.75, 3.05) is 25.0 Å². The van der Waals surface area contributed by atoms with Gasteiger partial charge in [0, 0.05) is 43.3 Å². The summed E-state index contributed by atoms with van der Waals surface area (Å²) >= 11 is 0. The molecule has 4 rings (SSSR count). The molecule has 0 unspecified atom stereocenters. The van der Waals surface area contributed by atoms with Crippen molar-refractivity contribution in [2.45, 2.75) is 32.2 Å². The zero-order valence-electron chi connectivity index (χ0n) is 14.3. The third kappa shape index (κ3) is 2.66. The van der Waals surface area contributed by atoms with Gasteiger partial charge in [-0.25, -0.2) is 0 Å². The monoisotopic (exact) mass is 321 g/mol. The Kier molecular flexibility index (Phi) is 3.75. The summed E-state index contributed by atoms with van der Waals surface area (Å²) in [6, 6.07) is 10.6. The highest BCUT2D eigenvalue weighted by Crippen LogP contribution is 2.26. The predicted octanol–water partition coefficient (Wildman–Crippen LogP) is 2.84. The van der Waals surface area contributed by atoms with Crippen molar-refractivity contribution in [3.63, 3.8) is 0 Å². The van der Waals surface area contributed by atoms with E-state index in [1.807, 2.05) is 37.2 Å². The van der Waals surface area contributed by atoms with Crippen LogP contribution in [0.25, 0.3) is 0 Å². The Bertz CT molecular complexity index is 780. The summed E-state index contributed by atoms with van der Waals surface area (Å²) in [5.41, 5.74) is 5.82. The molecule has 2 aliphatic rings. The van der Waals surface area contributed by atoms with Crippen LogP contribution >= 0.6 is 0 Å². The largest absolute Gasteiger partial charge is 0.367 e. The Labute approximate surface area is 143 Å². The number of fused-ring (bicyclic) bond motifs is 1. The van der Waals surface area contributed by atoms with Gasteiger partial charge in [0.1, 0.15) is 0 Å². The van der Waals surface area contributed by atoms with E-state index in [4.69, 9.17) is 0 Å². The number of benzene rings is 1. The lowest BCUT2D eigenvalue weighted by Crippen LogP contribution is -2.59. The van der Waals surface area contributed by atoms with Crippen molar-refractivity contribution < 1.29 is 4.79 Å². The van der Waals surface area contributed by atoms with Crippen LogP contribution in [0.15, 0.2) is 36.5 Å². The van der Waals surface area contributed by atoms with E-state index in [-0.39, 0.29) is 11.9 Å². The maximum atomic E-state index is 12.8. The summed E-state index contributed by atoms with van der Waals surface area (Å²) in [4.78, 5) is 21.2. The minimum absolute atomic E-state index is 0.139. The number of carbonyl (C=O) groups excluding carboxylic acids is 1. The lowest BCUT2D eigenvalue weighted by Gasteiger charge is -2.45. The number of likely N-dealkylation sites (N-methyl/N-ethyl adjacent to an activating group) is 1. The number of aromatic nitrogens is 1. The average molecular weight is 321 g/mol. The van der Waals surface area contributed by atoms with Crippen molar-refractivity contribution in [1.29, 1.82) is 0 Å². The van der Waals surface area contributed by atoms with E-state index in [0.717, 1.165) is 37.2 Å². The van der Waals surface area contributed by atoms with Crippen LogP contribution in [0.3, 0.4) is 0 Å². The number of carbonyl (C=O) groups is 1. The molecule has 0 atom stereocenters. The summed E-state index contributed by atoms with van der Waals surface area (Å²) in [5, 5.41) is 0. The van der Waals surface area contributed by atoms with Gasteiger partial charge in [-0.05, 0) is 61.6 Å². The second-order valence-electron chi connectivity index (χ2n) is 6.97. The number of aryl methyl sites for hydroxylation is 3. The molecule has 2 aromatic rings.